The Morgan fingerprint density at radius 2 is 0.482 bits per heavy atom. The van der Waals surface area contributed by atoms with E-state index >= 15 is 43.2 Å². The van der Waals surface area contributed by atoms with E-state index in [-0.39, 0.29) is 71.4 Å². The summed E-state index contributed by atoms with van der Waals surface area (Å²) >= 11 is 0. The van der Waals surface area contributed by atoms with Gasteiger partial charge in [0.1, 0.15) is 39.3 Å². The fourth-order valence-electron chi connectivity index (χ4n) is 17.5. The zero-order valence-electron chi connectivity index (χ0n) is 81.4. The molecule has 139 heavy (non-hydrogen) atoms. The number of primary amides is 1. The van der Waals surface area contributed by atoms with Crippen LogP contribution in [0.4, 0.5) is 0 Å². The number of para-hydroxylation sites is 2. The molecule has 31 heteroatoms. The second-order valence-electron chi connectivity index (χ2n) is 35.6. The number of unbranched alkanes of at least 4 members (excludes halogenated alkanes) is 4. The number of aromatic nitrogens is 2. The van der Waals surface area contributed by atoms with Crippen LogP contribution in [0.2, 0.25) is 0 Å². The molecule has 0 aliphatic heterocycles. The number of nitrogens with zero attached hydrogens (tertiary/aromatic N) is 11. The highest BCUT2D eigenvalue weighted by Gasteiger charge is 2.39. The van der Waals surface area contributed by atoms with Crippen LogP contribution in [-0.2, 0) is 70.4 Å². The SMILES string of the molecule is C[C@@H](c1ccccc1)N(CC(=O)N(CCCCN)CC(=O)N(CC(=O)N(CC(=O)N(CCCCN)CC(=O)N(CC(=O)N(CC(=O)N(CCCCN)CC(=O)N(CC(=O)N(CCc1c[nH]c2ccccc12)CC(N)=O)[C@@H](C)c1ccccc1)[C@@H](C)c1ccccc1)[C@@H](C)c1ccccc1)[C@@H](C)c1ccccc1)[C@@H](C)c1ccccc1)C(=O)CN(CCc1c[nH]c2ccccc12)C(=O)CNCCCCN. The van der Waals surface area contributed by atoms with E-state index in [1.807, 2.05) is 201 Å². The molecule has 0 spiro atoms. The summed E-state index contributed by atoms with van der Waals surface area (Å²) in [6.45, 7) is 6.60. The number of hydrogen-bond donors (Lipinski definition) is 8. The first-order chi connectivity index (χ1) is 67.2. The lowest BCUT2D eigenvalue weighted by molar-refractivity contribution is -0.152. The van der Waals surface area contributed by atoms with Gasteiger partial charge in [-0.1, -0.05) is 218 Å². The number of fused-ring (bicyclic) bond motifs is 2. The first kappa shape index (κ1) is 107. The van der Waals surface area contributed by atoms with Crippen LogP contribution in [-0.4, -0.2) is 279 Å². The van der Waals surface area contributed by atoms with Gasteiger partial charge in [-0.15, -0.1) is 0 Å². The molecule has 2 heterocycles. The first-order valence-electron chi connectivity index (χ1n) is 48.6. The number of hydrogen-bond acceptors (Lipinski definition) is 17. The summed E-state index contributed by atoms with van der Waals surface area (Å²) in [4.78, 5) is 206. The normalized spacial score (nSPS) is 12.5. The van der Waals surface area contributed by atoms with E-state index in [4.69, 9.17) is 28.7 Å². The van der Waals surface area contributed by atoms with Crippen LogP contribution in [0.3, 0.4) is 0 Å². The van der Waals surface area contributed by atoms with Crippen LogP contribution in [0.5, 0.6) is 0 Å². The molecule has 740 valence electrons. The summed E-state index contributed by atoms with van der Waals surface area (Å²) in [6.07, 6.45) is 8.39. The summed E-state index contributed by atoms with van der Waals surface area (Å²) in [5.74, 6) is -7.28. The molecule has 0 aliphatic carbocycles. The molecule has 6 atom stereocenters. The van der Waals surface area contributed by atoms with Crippen molar-refractivity contribution in [2.24, 2.45) is 28.7 Å². The van der Waals surface area contributed by atoms with Crippen molar-refractivity contribution in [3.63, 3.8) is 0 Å². The Kier molecular flexibility index (Phi) is 42.9. The van der Waals surface area contributed by atoms with Gasteiger partial charge in [0.15, 0.2) is 0 Å². The Morgan fingerprint density at radius 1 is 0.259 bits per heavy atom. The van der Waals surface area contributed by atoms with Gasteiger partial charge in [-0.05, 0) is 195 Å². The van der Waals surface area contributed by atoms with Gasteiger partial charge >= 0.3 is 0 Å². The zero-order chi connectivity index (χ0) is 99.7. The largest absolute Gasteiger partial charge is 0.368 e. The van der Waals surface area contributed by atoms with Crippen molar-refractivity contribution < 1.29 is 57.5 Å². The average Bonchev–Trinajstić information content (AvgIpc) is 1.57. The van der Waals surface area contributed by atoms with E-state index in [1.54, 1.807) is 83.1 Å². The van der Waals surface area contributed by atoms with E-state index in [2.05, 4.69) is 15.3 Å². The summed E-state index contributed by atoms with van der Waals surface area (Å²) in [7, 11) is 0. The third-order valence-corrected chi connectivity index (χ3v) is 26.0. The molecule has 0 radical (unpaired) electrons. The molecule has 0 bridgehead atoms. The Balaban J connectivity index is 0.931. The van der Waals surface area contributed by atoms with Crippen molar-refractivity contribution in [2.45, 2.75) is 142 Å². The Hall–Kier alpha value is -13.7. The van der Waals surface area contributed by atoms with Crippen LogP contribution < -0.4 is 34.0 Å². The Labute approximate surface area is 817 Å². The quantitative estimate of drug-likeness (QED) is 0.0164. The molecular formula is C108H141N19O12. The third-order valence-electron chi connectivity index (χ3n) is 26.0. The lowest BCUT2D eigenvalue weighted by Gasteiger charge is -2.38. The topological polar surface area (TPSA) is 414 Å². The van der Waals surface area contributed by atoms with Crippen LogP contribution >= 0.6 is 0 Å². The maximum absolute atomic E-state index is 16.1. The van der Waals surface area contributed by atoms with Crippen LogP contribution in [0.15, 0.2) is 243 Å². The number of amides is 12. The molecule has 10 rings (SSSR count). The third kappa shape index (κ3) is 31.7. The monoisotopic (exact) mass is 1900 g/mol. The maximum atomic E-state index is 16.1. The average molecular weight is 1900 g/mol. The highest BCUT2D eigenvalue weighted by atomic mass is 16.2. The van der Waals surface area contributed by atoms with Crippen LogP contribution in [0.25, 0.3) is 21.8 Å². The predicted molar refractivity (Wildman–Crippen MR) is 542 cm³/mol. The van der Waals surface area contributed by atoms with Gasteiger partial charge in [0.05, 0.1) is 75.5 Å². The van der Waals surface area contributed by atoms with Crippen molar-refractivity contribution in [3.05, 3.63) is 287 Å². The number of carbonyl (C=O) groups is 12. The van der Waals surface area contributed by atoms with Crippen molar-refractivity contribution in [3.8, 4) is 0 Å². The minimum absolute atomic E-state index is 0.0123. The highest BCUT2D eigenvalue weighted by molar-refractivity contribution is 5.96. The summed E-state index contributed by atoms with van der Waals surface area (Å²) < 4.78 is 0. The van der Waals surface area contributed by atoms with Crippen LogP contribution in [0, 0.1) is 0 Å². The highest BCUT2D eigenvalue weighted by Crippen LogP contribution is 2.31. The van der Waals surface area contributed by atoms with Crippen molar-refractivity contribution in [2.75, 3.05) is 144 Å². The Morgan fingerprint density at radius 3 is 0.741 bits per heavy atom. The lowest BCUT2D eigenvalue weighted by Crippen LogP contribution is -2.54. The van der Waals surface area contributed by atoms with Crippen molar-refractivity contribution >= 4 is 92.7 Å². The van der Waals surface area contributed by atoms with E-state index in [0.717, 1.165) is 45.8 Å². The standard InChI is InChI=1S/C108H141N19O12/c1-79(85-37-13-7-14-38-85)122(106(137)72-121(98(129)67-114-59-33-29-55-109)64-54-92-66-116-96-52-28-26-50-94(92)96)73-99(130)118(61-35-31-57-111)70-104(135)126(83(5)89-45-21-11-22-46-89)77-108(139)125(82(4)88-43-19-10-20-44-88)75-101(132)119(62-36-32-58-112)71-105(136)127(84(6)90-47-23-12-24-48-90)78-107(138)124(81(3)87-41-17-9-18-42-87)74-100(131)117(60-34-30-56-110)69-103(134)123(80(2)86-39-15-8-16-40-86)76-102(133)120(68-97(113)128)63-53-91-65-115-95-51-27-25-49-93(91)95/h7-28,37-52,65-66,79-84,114-116H,29-36,53-64,67-78,109-112H2,1-6H3,(H2,113,128)/t79-,80-,81-,82-,83-,84-/m0/s1. The number of carbonyl (C=O) groups excluding carboxylic acids is 12. The van der Waals surface area contributed by atoms with E-state index in [9.17, 15) is 14.4 Å². The summed E-state index contributed by atoms with van der Waals surface area (Å²) in [5, 5.41) is 5.16. The number of aromatic amines is 2. The molecule has 0 fully saturated rings. The summed E-state index contributed by atoms with van der Waals surface area (Å²) in [5.41, 5.74) is 37.6. The molecule has 2 aromatic heterocycles. The fraction of sp³-hybridized carbons (Fsp3) is 0.407. The predicted octanol–water partition coefficient (Wildman–Crippen LogP) is 10.1. The number of H-pyrrole nitrogens is 2. The number of rotatable bonds is 58. The Bertz CT molecular complexity index is 5540. The van der Waals surface area contributed by atoms with Crippen molar-refractivity contribution in [1.29, 1.82) is 0 Å². The minimum Gasteiger partial charge on any atom is -0.368 e. The van der Waals surface area contributed by atoms with Gasteiger partial charge in [0.25, 0.3) is 0 Å². The second kappa shape index (κ2) is 55.6. The first-order valence-corrected chi connectivity index (χ1v) is 48.6. The van der Waals surface area contributed by atoms with E-state index in [0.29, 0.717) is 97.8 Å². The van der Waals surface area contributed by atoms with Gasteiger partial charge < -0.3 is 97.9 Å². The molecule has 0 unspecified atom stereocenters. The molecule has 8 aromatic carbocycles. The van der Waals surface area contributed by atoms with E-state index < -0.39 is 167 Å². The molecule has 0 saturated carbocycles. The number of nitrogens with two attached hydrogens (primary N) is 5. The molecule has 12 amide bonds. The van der Waals surface area contributed by atoms with Crippen molar-refractivity contribution in [1.82, 2.24) is 69.2 Å². The van der Waals surface area contributed by atoms with Gasteiger partial charge in [-0.25, -0.2) is 0 Å². The molecular weight excluding hydrogens is 1760 g/mol. The smallest absolute Gasteiger partial charge is 0.243 e. The van der Waals surface area contributed by atoms with E-state index in [1.165, 1.54) is 53.9 Å². The molecule has 13 N–H and O–H groups in total. The maximum Gasteiger partial charge on any atom is 0.243 e. The second-order valence-corrected chi connectivity index (χ2v) is 35.6. The van der Waals surface area contributed by atoms with Gasteiger partial charge in [-0.3, -0.25) is 57.5 Å². The molecule has 0 aliphatic rings. The zero-order valence-corrected chi connectivity index (χ0v) is 81.4. The molecule has 10 aromatic rings. The minimum atomic E-state index is -0.857. The van der Waals surface area contributed by atoms with Gasteiger partial charge in [0.2, 0.25) is 70.9 Å². The summed E-state index contributed by atoms with van der Waals surface area (Å²) in [6, 6.07) is 65.2. The van der Waals surface area contributed by atoms with Gasteiger partial charge in [0, 0.05) is 66.9 Å². The number of nitrogens with one attached hydrogen (secondary N) is 3. The molecule has 31 nitrogen and oxygen atoms in total. The van der Waals surface area contributed by atoms with Crippen LogP contribution in [0.1, 0.15) is 174 Å². The lowest BCUT2D eigenvalue weighted by atomic mass is 10.0. The molecule has 0 saturated heterocycles. The fourth-order valence-corrected chi connectivity index (χ4v) is 17.5. The van der Waals surface area contributed by atoms with Gasteiger partial charge in [-0.2, -0.15) is 0 Å². The number of benzene rings is 8.